The molecule has 53 heavy (non-hydrogen) atoms. The second kappa shape index (κ2) is 40.4. The van der Waals surface area contributed by atoms with E-state index in [9.17, 15) is 24.9 Å². The summed E-state index contributed by atoms with van der Waals surface area (Å²) in [7, 11) is 0. The second-order valence-electron chi connectivity index (χ2n) is 14.1. The molecule has 0 saturated heterocycles. The Morgan fingerprint density at radius 1 is 0.491 bits per heavy atom. The molecule has 0 spiro atoms. The van der Waals surface area contributed by atoms with Gasteiger partial charge in [0.1, 0.15) is 19.3 Å². The quantitative estimate of drug-likeness (QED) is 0.0251. The lowest BCUT2D eigenvalue weighted by molar-refractivity contribution is -0.152. The van der Waals surface area contributed by atoms with Crippen LogP contribution in [0.2, 0.25) is 0 Å². The molecule has 7 nitrogen and oxygen atoms in total. The van der Waals surface area contributed by atoms with Gasteiger partial charge in [0.25, 0.3) is 0 Å². The van der Waals surface area contributed by atoms with E-state index in [4.69, 9.17) is 9.47 Å². The molecule has 3 N–H and O–H groups in total. The first-order valence-electron chi connectivity index (χ1n) is 21.2. The highest BCUT2D eigenvalue weighted by Gasteiger charge is 2.11. The molecule has 304 valence electrons. The van der Waals surface area contributed by atoms with E-state index in [-0.39, 0.29) is 25.6 Å². The van der Waals surface area contributed by atoms with Crippen molar-refractivity contribution in [3.05, 3.63) is 72.9 Å². The smallest absolute Gasteiger partial charge is 0.306 e. The molecule has 0 aromatic heterocycles. The van der Waals surface area contributed by atoms with Gasteiger partial charge >= 0.3 is 11.9 Å². The van der Waals surface area contributed by atoms with Crippen molar-refractivity contribution >= 4 is 11.9 Å². The van der Waals surface area contributed by atoms with Gasteiger partial charge < -0.3 is 24.8 Å². The Morgan fingerprint density at radius 3 is 1.38 bits per heavy atom. The van der Waals surface area contributed by atoms with Crippen LogP contribution in [-0.2, 0) is 19.1 Å². The van der Waals surface area contributed by atoms with E-state index in [1.165, 1.54) is 96.3 Å². The van der Waals surface area contributed by atoms with E-state index < -0.39 is 24.3 Å². The van der Waals surface area contributed by atoms with Crippen LogP contribution >= 0.6 is 0 Å². The summed E-state index contributed by atoms with van der Waals surface area (Å²) in [4.78, 5) is 24.0. The normalized spacial score (nSPS) is 14.1. The minimum Gasteiger partial charge on any atom is -0.463 e. The predicted octanol–water partition coefficient (Wildman–Crippen LogP) is 11.3. The highest BCUT2D eigenvalue weighted by Crippen LogP contribution is 2.15. The number of carbonyl (C=O) groups excluding carboxylic acids is 2. The summed E-state index contributed by atoms with van der Waals surface area (Å²) < 4.78 is 10.3. The molecule has 0 amide bonds. The number of unbranched alkanes of at least 4 members (excludes halogenated alkanes) is 17. The summed E-state index contributed by atoms with van der Waals surface area (Å²) in [6.07, 6.45) is 47.5. The van der Waals surface area contributed by atoms with Crippen LogP contribution in [0.3, 0.4) is 0 Å². The van der Waals surface area contributed by atoms with Gasteiger partial charge in [-0.3, -0.25) is 9.59 Å². The third-order valence-electron chi connectivity index (χ3n) is 8.89. The Morgan fingerprint density at radius 2 is 0.906 bits per heavy atom. The van der Waals surface area contributed by atoms with Crippen molar-refractivity contribution in [1.82, 2.24) is 0 Å². The van der Waals surface area contributed by atoms with Gasteiger partial charge in [-0.1, -0.05) is 196 Å². The number of rotatable bonds is 37. The average molecular weight is 743 g/mol. The predicted molar refractivity (Wildman–Crippen MR) is 222 cm³/mol. The van der Waals surface area contributed by atoms with E-state index in [1.54, 1.807) is 24.3 Å². The number of ether oxygens (including phenoxy) is 2. The van der Waals surface area contributed by atoms with Crippen molar-refractivity contribution in [2.75, 3.05) is 13.2 Å². The van der Waals surface area contributed by atoms with Crippen molar-refractivity contribution in [1.29, 1.82) is 0 Å². The largest absolute Gasteiger partial charge is 0.463 e. The number of carbonyl (C=O) groups is 2. The monoisotopic (exact) mass is 743 g/mol. The molecule has 0 aromatic rings. The third kappa shape index (κ3) is 40.3. The molecule has 0 aliphatic rings. The molecule has 0 aliphatic heterocycles. The number of aliphatic hydroxyl groups excluding tert-OH is 3. The van der Waals surface area contributed by atoms with Crippen LogP contribution in [0.1, 0.15) is 174 Å². The first-order chi connectivity index (χ1) is 25.9. The van der Waals surface area contributed by atoms with Crippen LogP contribution in [0.5, 0.6) is 0 Å². The van der Waals surface area contributed by atoms with Crippen LogP contribution in [0.4, 0.5) is 0 Å². The maximum absolute atomic E-state index is 12.0. The molecule has 0 bridgehead atoms. The zero-order valence-corrected chi connectivity index (χ0v) is 33.7. The molecule has 0 rings (SSSR count). The molecule has 7 heteroatoms. The van der Waals surface area contributed by atoms with Gasteiger partial charge in [-0.2, -0.15) is 0 Å². The van der Waals surface area contributed by atoms with Gasteiger partial charge in [0.2, 0.25) is 0 Å². The Labute approximate surface area is 324 Å². The third-order valence-corrected chi connectivity index (χ3v) is 8.89. The van der Waals surface area contributed by atoms with E-state index in [1.807, 2.05) is 48.6 Å². The molecule has 0 saturated carbocycles. The highest BCUT2D eigenvalue weighted by atomic mass is 16.6. The summed E-state index contributed by atoms with van der Waals surface area (Å²) >= 11 is 0. The molecule has 0 aliphatic carbocycles. The zero-order valence-electron chi connectivity index (χ0n) is 33.7. The van der Waals surface area contributed by atoms with Gasteiger partial charge in [-0.25, -0.2) is 0 Å². The molecule has 0 radical (unpaired) electrons. The van der Waals surface area contributed by atoms with Crippen LogP contribution in [-0.4, -0.2) is 58.8 Å². The van der Waals surface area contributed by atoms with Crippen molar-refractivity contribution < 1.29 is 34.4 Å². The number of allylic oxidation sites excluding steroid dienone is 8. The van der Waals surface area contributed by atoms with Crippen molar-refractivity contribution in [3.63, 3.8) is 0 Å². The van der Waals surface area contributed by atoms with Crippen molar-refractivity contribution in [3.8, 4) is 0 Å². The lowest BCUT2D eigenvalue weighted by atomic mass is 10.0. The number of esters is 2. The van der Waals surface area contributed by atoms with Gasteiger partial charge in [-0.15, -0.1) is 0 Å². The van der Waals surface area contributed by atoms with Crippen LogP contribution in [0.25, 0.3) is 0 Å². The van der Waals surface area contributed by atoms with E-state index in [2.05, 4.69) is 13.8 Å². The summed E-state index contributed by atoms with van der Waals surface area (Å²) in [5.74, 6) is -0.726. The van der Waals surface area contributed by atoms with Crippen molar-refractivity contribution in [2.45, 2.75) is 193 Å². The first-order valence-corrected chi connectivity index (χ1v) is 21.2. The lowest BCUT2D eigenvalue weighted by Crippen LogP contribution is -2.25. The molecular formula is C46H78O7. The van der Waals surface area contributed by atoms with Crippen LogP contribution in [0, 0.1) is 0 Å². The van der Waals surface area contributed by atoms with Crippen molar-refractivity contribution in [2.24, 2.45) is 0 Å². The fraction of sp³-hybridized carbons (Fsp3) is 0.696. The topological polar surface area (TPSA) is 113 Å². The van der Waals surface area contributed by atoms with Gasteiger partial charge in [-0.05, 0) is 38.5 Å². The Kier molecular flexibility index (Phi) is 38.4. The fourth-order valence-electron chi connectivity index (χ4n) is 5.64. The van der Waals surface area contributed by atoms with Gasteiger partial charge in [0.05, 0.1) is 12.2 Å². The standard InChI is InChI=1S/C46H78O7/c1-3-5-7-8-9-10-11-12-13-14-15-16-17-18-19-20-24-32-38-45(50)52-40-44(49)41-53-46(51)39-33-25-22-21-23-29-35-43(48)37-31-27-26-30-36-42(47)34-28-6-4-2/h6,22-23,25-31,36-37,42-44,47-49H,3-5,7-21,24,32-35,38-41H2,1-2H3/b25-22-,27-26-,28-6-,29-23-,36-30+,37-31+/t42-,43+,44+/m1/s1. The Bertz CT molecular complexity index is 1010. The maximum atomic E-state index is 12.0. The fourth-order valence-corrected chi connectivity index (χ4v) is 5.64. The molecular weight excluding hydrogens is 664 g/mol. The number of hydrogen-bond acceptors (Lipinski definition) is 7. The van der Waals surface area contributed by atoms with Crippen LogP contribution in [0.15, 0.2) is 72.9 Å². The van der Waals surface area contributed by atoms with E-state index in [0.29, 0.717) is 32.1 Å². The first kappa shape index (κ1) is 50.3. The SMILES string of the molecule is CC/C=C\C[C@@H](O)/C=C/C=C\C=C\[C@@H](O)C/C=C\C/C=C\CCC(=O)OC[C@@H](O)COC(=O)CCCCCCCCCCCCCCCCCCCC. The minimum absolute atomic E-state index is 0.168. The Balaban J connectivity index is 3.66. The lowest BCUT2D eigenvalue weighted by Gasteiger charge is -2.12. The second-order valence-corrected chi connectivity index (χ2v) is 14.1. The van der Waals surface area contributed by atoms with Gasteiger partial charge in [0, 0.05) is 12.8 Å². The van der Waals surface area contributed by atoms with E-state index in [0.717, 1.165) is 25.7 Å². The Hall–Kier alpha value is -2.74. The maximum Gasteiger partial charge on any atom is 0.306 e. The molecule has 0 heterocycles. The minimum atomic E-state index is -1.03. The van der Waals surface area contributed by atoms with Crippen LogP contribution < -0.4 is 0 Å². The average Bonchev–Trinajstić information content (AvgIpc) is 3.15. The summed E-state index contributed by atoms with van der Waals surface area (Å²) in [5, 5.41) is 29.9. The number of hydrogen-bond donors (Lipinski definition) is 3. The summed E-state index contributed by atoms with van der Waals surface area (Å²) in [5.41, 5.74) is 0. The van der Waals surface area contributed by atoms with Gasteiger partial charge in [0.15, 0.2) is 0 Å². The highest BCUT2D eigenvalue weighted by molar-refractivity contribution is 5.70. The molecule has 3 atom stereocenters. The number of aliphatic hydroxyl groups is 3. The zero-order chi connectivity index (χ0) is 38.9. The van der Waals surface area contributed by atoms with E-state index >= 15 is 0 Å². The molecule has 0 aromatic carbocycles. The summed E-state index contributed by atoms with van der Waals surface area (Å²) in [6, 6.07) is 0. The summed E-state index contributed by atoms with van der Waals surface area (Å²) in [6.45, 7) is 3.97. The molecule has 0 fully saturated rings. The molecule has 0 unspecified atom stereocenters.